The summed E-state index contributed by atoms with van der Waals surface area (Å²) in [7, 11) is 0. The van der Waals surface area contributed by atoms with Crippen LogP contribution in [0.2, 0.25) is 0 Å². The van der Waals surface area contributed by atoms with Crippen LogP contribution in [0.5, 0.6) is 0 Å². The van der Waals surface area contributed by atoms with Crippen LogP contribution < -0.4 is 8.77 Å². The van der Waals surface area contributed by atoms with E-state index in [9.17, 15) is 5.21 Å². The Kier molecular flexibility index (Phi) is 2.64. The minimum absolute atomic E-state index is 0.215. The van der Waals surface area contributed by atoms with Gasteiger partial charge in [-0.1, -0.05) is 0 Å². The molecule has 4 heteroatoms. The average molecular weight is 281 g/mol. The molecule has 1 saturated carbocycles. The molecule has 67 valence electrons. The maximum absolute atomic E-state index is 11.5. The molecule has 0 atom stereocenters. The van der Waals surface area contributed by atoms with Gasteiger partial charge >= 0.3 is 87.1 Å². The number of nitrogens with zero attached hydrogens (tertiary/aromatic N) is 2. The third-order valence-electron chi connectivity index (χ3n) is 2.06. The van der Waals surface area contributed by atoms with E-state index < -0.39 is 20.7 Å². The molecule has 1 aliphatic rings. The topological polar surface area (TPSA) is 39.2 Å². The summed E-state index contributed by atoms with van der Waals surface area (Å²) in [5, 5.41) is 12.6. The van der Waals surface area contributed by atoms with Crippen LogP contribution in [0.15, 0.2) is 18.3 Å². The van der Waals surface area contributed by atoms with Crippen molar-refractivity contribution in [2.24, 2.45) is 0 Å². The SMILES string of the molecule is [CH2]=[Sn][c]1ccc(N([O-])C2CC2)cn1. The molecule has 1 aromatic heterocycles. The molecule has 1 aromatic rings. The van der Waals surface area contributed by atoms with Gasteiger partial charge in [0, 0.05) is 0 Å². The van der Waals surface area contributed by atoms with Crippen LogP contribution in [-0.2, 0) is 0 Å². The molecular weight excluding hydrogens is 271 g/mol. The summed E-state index contributed by atoms with van der Waals surface area (Å²) >= 11 is -0.682. The molecule has 1 aliphatic carbocycles. The fourth-order valence-electron chi connectivity index (χ4n) is 1.14. The number of hydroxylamine groups is 1. The monoisotopic (exact) mass is 282 g/mol. The van der Waals surface area contributed by atoms with E-state index in [1.54, 1.807) is 6.20 Å². The van der Waals surface area contributed by atoms with Gasteiger partial charge in [-0.15, -0.1) is 0 Å². The molecule has 2 rings (SSSR count). The van der Waals surface area contributed by atoms with Crippen LogP contribution in [0, 0.1) is 5.21 Å². The van der Waals surface area contributed by atoms with Crippen molar-refractivity contribution in [3.8, 4) is 0 Å². The standard InChI is InChI=1S/C8H8N2O.CH2.Sn/c11-10(7-3-4-7)8-2-1-5-9-6-8;;/h1-2,6-7H,3-4H2;1H2;/q-1;;. The van der Waals surface area contributed by atoms with Gasteiger partial charge in [0.1, 0.15) is 0 Å². The van der Waals surface area contributed by atoms with Crippen molar-refractivity contribution in [2.75, 3.05) is 5.06 Å². The Morgan fingerprint density at radius 2 is 2.31 bits per heavy atom. The number of hydrogen-bond acceptors (Lipinski definition) is 3. The van der Waals surface area contributed by atoms with Crippen LogP contribution in [-0.4, -0.2) is 36.2 Å². The van der Waals surface area contributed by atoms with Gasteiger partial charge in [-0.2, -0.15) is 0 Å². The van der Waals surface area contributed by atoms with Crippen molar-refractivity contribution in [3.63, 3.8) is 0 Å². The first kappa shape index (κ1) is 9.15. The minimum atomic E-state index is -0.682. The van der Waals surface area contributed by atoms with Crippen molar-refractivity contribution < 1.29 is 0 Å². The molecule has 3 nitrogen and oxygen atoms in total. The first-order chi connectivity index (χ1) is 6.31. The predicted octanol–water partition coefficient (Wildman–Crippen LogP) is 0.310. The van der Waals surface area contributed by atoms with Crippen molar-refractivity contribution >= 4 is 34.6 Å². The maximum atomic E-state index is 11.5. The quantitative estimate of drug-likeness (QED) is 0.591. The molecule has 0 aliphatic heterocycles. The Hall–Kier alpha value is -0.421. The summed E-state index contributed by atoms with van der Waals surface area (Å²) in [6, 6.07) is 4.01. The Balaban J connectivity index is 2.16. The molecule has 0 N–H and O–H groups in total. The molecule has 0 bridgehead atoms. The fourth-order valence-corrected chi connectivity index (χ4v) is 2.16. The van der Waals surface area contributed by atoms with Gasteiger partial charge in [0.2, 0.25) is 0 Å². The second-order valence-electron chi connectivity index (χ2n) is 3.14. The van der Waals surface area contributed by atoms with E-state index in [-0.39, 0.29) is 6.04 Å². The Labute approximate surface area is 87.1 Å². The van der Waals surface area contributed by atoms with Crippen LogP contribution >= 0.6 is 0 Å². The molecule has 0 saturated heterocycles. The number of anilines is 1. The van der Waals surface area contributed by atoms with Gasteiger partial charge in [0.25, 0.3) is 0 Å². The number of pyridine rings is 1. The van der Waals surface area contributed by atoms with Crippen molar-refractivity contribution in [1.82, 2.24) is 4.98 Å². The zero-order valence-corrected chi connectivity index (χ0v) is 10.1. The molecule has 1 fully saturated rings. The summed E-state index contributed by atoms with van der Waals surface area (Å²) in [6.07, 6.45) is 3.72. The average Bonchev–Trinajstić information content (AvgIpc) is 3.00. The Bertz CT molecular complexity index is 308. The summed E-state index contributed by atoms with van der Waals surface area (Å²) in [4.78, 5) is 4.20. The molecule has 0 amide bonds. The first-order valence-electron chi connectivity index (χ1n) is 4.27. The molecular formula is C9H10N2OSn-. The van der Waals surface area contributed by atoms with Gasteiger partial charge in [-0.3, -0.25) is 0 Å². The van der Waals surface area contributed by atoms with Gasteiger partial charge in [-0.05, 0) is 0 Å². The van der Waals surface area contributed by atoms with Gasteiger partial charge in [0.15, 0.2) is 0 Å². The zero-order valence-electron chi connectivity index (χ0n) is 7.23. The second-order valence-corrected chi connectivity index (χ2v) is 5.61. The van der Waals surface area contributed by atoms with E-state index in [1.165, 1.54) is 0 Å². The van der Waals surface area contributed by atoms with Crippen LogP contribution in [0.1, 0.15) is 12.8 Å². The molecule has 1 heterocycles. The zero-order chi connectivity index (χ0) is 9.26. The Morgan fingerprint density at radius 1 is 1.54 bits per heavy atom. The van der Waals surface area contributed by atoms with E-state index in [0.29, 0.717) is 5.69 Å². The van der Waals surface area contributed by atoms with E-state index in [2.05, 4.69) is 9.51 Å². The molecule has 0 unspecified atom stereocenters. The van der Waals surface area contributed by atoms with E-state index >= 15 is 0 Å². The number of hydrogen-bond donors (Lipinski definition) is 0. The molecule has 13 heavy (non-hydrogen) atoms. The molecule has 0 spiro atoms. The number of aromatic nitrogens is 1. The predicted molar refractivity (Wildman–Crippen MR) is 55.6 cm³/mol. The van der Waals surface area contributed by atoms with Crippen molar-refractivity contribution in [1.29, 1.82) is 0 Å². The van der Waals surface area contributed by atoms with E-state index in [4.69, 9.17) is 0 Å². The summed E-state index contributed by atoms with van der Waals surface area (Å²) in [5.41, 5.74) is 0.694. The third-order valence-corrected chi connectivity index (χ3v) is 3.94. The summed E-state index contributed by atoms with van der Waals surface area (Å²) < 4.78 is 4.99. The van der Waals surface area contributed by atoms with Crippen LogP contribution in [0.25, 0.3) is 0 Å². The van der Waals surface area contributed by atoms with E-state index in [0.717, 1.165) is 21.6 Å². The normalized spacial score (nSPS) is 15.5. The van der Waals surface area contributed by atoms with Crippen LogP contribution in [0.4, 0.5) is 5.69 Å². The first-order valence-corrected chi connectivity index (χ1v) is 7.71. The Morgan fingerprint density at radius 3 is 2.77 bits per heavy atom. The third kappa shape index (κ3) is 2.08. The molecule has 0 aromatic carbocycles. The fraction of sp³-hybridized carbons (Fsp3) is 0.333. The van der Waals surface area contributed by atoms with Crippen LogP contribution in [0.3, 0.4) is 0 Å². The van der Waals surface area contributed by atoms with Gasteiger partial charge in [-0.25, -0.2) is 0 Å². The van der Waals surface area contributed by atoms with Gasteiger partial charge in [0.05, 0.1) is 0 Å². The number of rotatable bonds is 3. The van der Waals surface area contributed by atoms with Crippen molar-refractivity contribution in [2.45, 2.75) is 18.9 Å². The van der Waals surface area contributed by atoms with E-state index in [1.807, 2.05) is 12.1 Å². The summed E-state index contributed by atoms with van der Waals surface area (Å²) in [6.45, 7) is 0. The molecule has 1 radical (unpaired) electrons. The summed E-state index contributed by atoms with van der Waals surface area (Å²) in [5.74, 6) is 0. The van der Waals surface area contributed by atoms with Gasteiger partial charge < -0.3 is 0 Å². The van der Waals surface area contributed by atoms with Crippen molar-refractivity contribution in [3.05, 3.63) is 23.5 Å². The second kappa shape index (κ2) is 3.75.